The minimum atomic E-state index is 0.861. The third-order valence-electron chi connectivity index (χ3n) is 1.73. The van der Waals surface area contributed by atoms with Crippen LogP contribution >= 0.6 is 23.0 Å². The lowest BCUT2D eigenvalue weighted by atomic mass is 10.1. The molecule has 0 aliphatic carbocycles. The second-order valence-corrected chi connectivity index (χ2v) is 3.07. The number of hydrogen-bond donors (Lipinski definition) is 0. The molecule has 0 saturated heterocycles. The van der Waals surface area contributed by atoms with Crippen molar-refractivity contribution in [3.63, 3.8) is 0 Å². The van der Waals surface area contributed by atoms with Crippen molar-refractivity contribution in [1.29, 1.82) is 0 Å². The largest absolute Gasteiger partial charge is 0.427 e. The van der Waals surface area contributed by atoms with E-state index in [0.29, 0.717) is 0 Å². The Balaban J connectivity index is 3.08. The first-order valence-corrected chi connectivity index (χ1v) is 4.65. The monoisotopic (exact) mass is 274 g/mol. The number of benzene rings is 1. The Bertz CT molecular complexity index is 281. The lowest BCUT2D eigenvalue weighted by Crippen LogP contribution is -1.88. The molecule has 2 heteroatoms. The number of rotatable bonds is 3. The molecule has 64 valence electrons. The van der Waals surface area contributed by atoms with Crippen LogP contribution in [0.2, 0.25) is 0 Å². The van der Waals surface area contributed by atoms with Crippen molar-refractivity contribution in [2.24, 2.45) is 0 Å². The fourth-order valence-electron chi connectivity index (χ4n) is 1.14. The first kappa shape index (κ1) is 9.58. The molecule has 0 fully saturated rings. The molecule has 0 heterocycles. The van der Waals surface area contributed by atoms with E-state index in [-0.39, 0.29) is 0 Å². The smallest absolute Gasteiger partial charge is 0.192 e. The normalized spacial score (nSPS) is 9.50. The van der Waals surface area contributed by atoms with Crippen molar-refractivity contribution in [2.75, 3.05) is 0 Å². The van der Waals surface area contributed by atoms with Gasteiger partial charge < -0.3 is 3.07 Å². The Kier molecular flexibility index (Phi) is 3.59. The molecule has 0 aromatic heterocycles. The molecule has 0 amide bonds. The quantitative estimate of drug-likeness (QED) is 0.606. The van der Waals surface area contributed by atoms with Gasteiger partial charge in [-0.05, 0) is 24.5 Å². The summed E-state index contributed by atoms with van der Waals surface area (Å²) in [7, 11) is 0. The molecule has 1 nitrogen and oxygen atoms in total. The topological polar surface area (TPSA) is 9.23 Å². The van der Waals surface area contributed by atoms with Gasteiger partial charge in [0.05, 0.1) is 0 Å². The molecule has 0 unspecified atom stereocenters. The highest BCUT2D eigenvalue weighted by molar-refractivity contribution is 14.1. The predicted molar refractivity (Wildman–Crippen MR) is 59.7 cm³/mol. The maximum Gasteiger partial charge on any atom is 0.192 e. The Labute approximate surface area is 87.1 Å². The molecule has 0 saturated carbocycles. The highest BCUT2D eigenvalue weighted by Crippen LogP contribution is 2.25. The fourth-order valence-corrected chi connectivity index (χ4v) is 1.77. The van der Waals surface area contributed by atoms with Crippen molar-refractivity contribution in [3.8, 4) is 5.75 Å². The molecular formula is C10H11IO. The zero-order valence-electron chi connectivity index (χ0n) is 7.01. The van der Waals surface area contributed by atoms with Crippen LogP contribution in [-0.4, -0.2) is 0 Å². The summed E-state index contributed by atoms with van der Waals surface area (Å²) in [6, 6.07) is 6.14. The number of aryl methyl sites for hydroxylation is 1. The summed E-state index contributed by atoms with van der Waals surface area (Å²) >= 11 is 1.91. The van der Waals surface area contributed by atoms with Crippen LogP contribution in [-0.2, 0) is 6.42 Å². The third kappa shape index (κ3) is 2.00. The van der Waals surface area contributed by atoms with Gasteiger partial charge in [0.15, 0.2) is 23.0 Å². The Hall–Kier alpha value is -0.510. The van der Waals surface area contributed by atoms with Crippen LogP contribution in [0.25, 0.3) is 0 Å². The maximum atomic E-state index is 5.25. The van der Waals surface area contributed by atoms with Crippen LogP contribution in [0.3, 0.4) is 0 Å². The van der Waals surface area contributed by atoms with E-state index in [4.69, 9.17) is 3.07 Å². The molecule has 0 bridgehead atoms. The summed E-state index contributed by atoms with van der Waals surface area (Å²) < 4.78 is 5.25. The number of halogens is 1. The average Bonchev–Trinajstić information content (AvgIpc) is 2.05. The van der Waals surface area contributed by atoms with Crippen molar-refractivity contribution in [2.45, 2.75) is 13.3 Å². The van der Waals surface area contributed by atoms with E-state index < -0.39 is 0 Å². The second-order valence-electron chi connectivity index (χ2n) is 2.63. The molecule has 0 atom stereocenters. The Morgan fingerprint density at radius 3 is 2.92 bits per heavy atom. The summed E-state index contributed by atoms with van der Waals surface area (Å²) in [5.74, 6) is 0.970. The molecular weight excluding hydrogens is 263 g/mol. The Morgan fingerprint density at radius 1 is 1.58 bits per heavy atom. The first-order chi connectivity index (χ1) is 5.79. The summed E-state index contributed by atoms with van der Waals surface area (Å²) in [6.45, 7) is 5.75. The lowest BCUT2D eigenvalue weighted by Gasteiger charge is -2.06. The van der Waals surface area contributed by atoms with Gasteiger partial charge in [0.1, 0.15) is 5.75 Å². The van der Waals surface area contributed by atoms with Gasteiger partial charge in [0.2, 0.25) is 0 Å². The van der Waals surface area contributed by atoms with Gasteiger partial charge in [0.25, 0.3) is 0 Å². The van der Waals surface area contributed by atoms with Crippen LogP contribution in [0.5, 0.6) is 5.75 Å². The summed E-state index contributed by atoms with van der Waals surface area (Å²) in [4.78, 5) is 0. The van der Waals surface area contributed by atoms with Gasteiger partial charge in [-0.1, -0.05) is 24.3 Å². The van der Waals surface area contributed by atoms with Crippen LogP contribution in [0.15, 0.2) is 30.9 Å². The number of allylic oxidation sites excluding steroid dienone is 1. The second kappa shape index (κ2) is 4.50. The van der Waals surface area contributed by atoms with Crippen molar-refractivity contribution in [3.05, 3.63) is 42.0 Å². The highest BCUT2D eigenvalue weighted by Gasteiger charge is 2.03. The van der Waals surface area contributed by atoms with Crippen molar-refractivity contribution in [1.82, 2.24) is 0 Å². The molecule has 12 heavy (non-hydrogen) atoms. The molecule has 0 spiro atoms. The molecule has 0 aliphatic rings. The van der Waals surface area contributed by atoms with Crippen molar-refractivity contribution < 1.29 is 3.07 Å². The summed E-state index contributed by atoms with van der Waals surface area (Å²) in [5.41, 5.74) is 2.36. The molecule has 0 aliphatic heterocycles. The van der Waals surface area contributed by atoms with Gasteiger partial charge in [0, 0.05) is 0 Å². The zero-order valence-corrected chi connectivity index (χ0v) is 9.17. The van der Waals surface area contributed by atoms with Crippen LogP contribution in [0, 0.1) is 6.92 Å². The van der Waals surface area contributed by atoms with Gasteiger partial charge in [-0.15, -0.1) is 6.58 Å². The molecule has 1 aromatic rings. The van der Waals surface area contributed by atoms with E-state index in [1.165, 1.54) is 11.1 Å². The SMILES string of the molecule is C=CCc1cccc(C)c1OI. The summed E-state index contributed by atoms with van der Waals surface area (Å²) in [5, 5.41) is 0. The Morgan fingerprint density at radius 2 is 2.33 bits per heavy atom. The fraction of sp³-hybridized carbons (Fsp3) is 0.200. The molecule has 1 rings (SSSR count). The van der Waals surface area contributed by atoms with E-state index >= 15 is 0 Å². The van der Waals surface area contributed by atoms with Gasteiger partial charge >= 0.3 is 0 Å². The summed E-state index contributed by atoms with van der Waals surface area (Å²) in [6.07, 6.45) is 2.74. The van der Waals surface area contributed by atoms with Gasteiger partial charge in [-0.2, -0.15) is 0 Å². The van der Waals surface area contributed by atoms with Crippen LogP contribution in [0.4, 0.5) is 0 Å². The van der Waals surface area contributed by atoms with E-state index in [0.717, 1.165) is 12.2 Å². The van der Waals surface area contributed by atoms with Gasteiger partial charge in [-0.25, -0.2) is 0 Å². The standard InChI is InChI=1S/C10H11IO/c1-3-5-9-7-4-6-8(2)10(9)12-11/h3-4,6-7H,1,5H2,2H3. The maximum absolute atomic E-state index is 5.25. The van der Waals surface area contributed by atoms with Gasteiger partial charge in [-0.3, -0.25) is 0 Å². The average molecular weight is 274 g/mol. The van der Waals surface area contributed by atoms with E-state index in [2.05, 4.69) is 12.6 Å². The van der Waals surface area contributed by atoms with Crippen LogP contribution in [0.1, 0.15) is 11.1 Å². The minimum Gasteiger partial charge on any atom is -0.427 e. The number of para-hydroxylation sites is 1. The predicted octanol–water partition coefficient (Wildman–Crippen LogP) is 3.45. The first-order valence-electron chi connectivity index (χ1n) is 3.77. The van der Waals surface area contributed by atoms with E-state index in [9.17, 15) is 0 Å². The molecule has 0 radical (unpaired) electrons. The van der Waals surface area contributed by atoms with E-state index in [1.54, 1.807) is 0 Å². The highest BCUT2D eigenvalue weighted by atomic mass is 127. The number of hydrogen-bond acceptors (Lipinski definition) is 1. The van der Waals surface area contributed by atoms with Crippen molar-refractivity contribution >= 4 is 23.0 Å². The van der Waals surface area contributed by atoms with E-state index in [1.807, 2.05) is 48.1 Å². The third-order valence-corrected chi connectivity index (χ3v) is 2.18. The minimum absolute atomic E-state index is 0.861. The molecule has 0 N–H and O–H groups in total. The zero-order chi connectivity index (χ0) is 8.97. The molecule has 1 aromatic carbocycles. The lowest BCUT2D eigenvalue weighted by molar-refractivity contribution is 0.697. The van der Waals surface area contributed by atoms with Crippen LogP contribution < -0.4 is 3.07 Å².